The summed E-state index contributed by atoms with van der Waals surface area (Å²) in [6.07, 6.45) is 3.86. The number of piperidine rings is 1. The summed E-state index contributed by atoms with van der Waals surface area (Å²) in [6, 6.07) is 9.96. The molecule has 0 spiro atoms. The van der Waals surface area contributed by atoms with Gasteiger partial charge in [0.1, 0.15) is 5.82 Å². The molecule has 0 bridgehead atoms. The van der Waals surface area contributed by atoms with Crippen molar-refractivity contribution in [1.82, 2.24) is 20.2 Å². The first-order chi connectivity index (χ1) is 13.2. The highest BCUT2D eigenvalue weighted by Gasteiger charge is 2.27. The molecule has 6 nitrogen and oxygen atoms in total. The number of benzene rings is 1. The lowest BCUT2D eigenvalue weighted by atomic mass is 9.92. The fourth-order valence-corrected chi connectivity index (χ4v) is 3.46. The van der Waals surface area contributed by atoms with Crippen LogP contribution in [0.2, 0.25) is 0 Å². The van der Waals surface area contributed by atoms with Crippen LogP contribution in [0.4, 0.5) is 4.79 Å². The van der Waals surface area contributed by atoms with E-state index in [1.54, 1.807) is 0 Å². The van der Waals surface area contributed by atoms with Crippen molar-refractivity contribution in [3.05, 3.63) is 59.2 Å². The maximum Gasteiger partial charge on any atom is 0.317 e. The van der Waals surface area contributed by atoms with Crippen molar-refractivity contribution in [3.63, 3.8) is 0 Å². The third kappa shape index (κ3) is 5.26. The third-order valence-corrected chi connectivity index (χ3v) is 4.86. The molecule has 1 aromatic heterocycles. The molecule has 1 aliphatic heterocycles. The first-order valence-corrected chi connectivity index (χ1v) is 9.64. The van der Waals surface area contributed by atoms with Crippen molar-refractivity contribution >= 4 is 6.03 Å². The van der Waals surface area contributed by atoms with Crippen molar-refractivity contribution in [2.75, 3.05) is 19.7 Å². The monoisotopic (exact) mass is 368 g/mol. The Hall–Kier alpha value is -2.47. The Kier molecular flexibility index (Phi) is 6.76. The number of nitrogens with zero attached hydrogens (tertiary/aromatic N) is 3. The maximum absolute atomic E-state index is 12.6. The van der Waals surface area contributed by atoms with Gasteiger partial charge in [-0.15, -0.1) is 0 Å². The SMILES string of the molecule is CCOCc1cnc(C)nc1C1CCCN(C(=O)NCc2ccccc2)C1. The second-order valence-electron chi connectivity index (χ2n) is 6.89. The largest absolute Gasteiger partial charge is 0.377 e. The van der Waals surface area contributed by atoms with Crippen molar-refractivity contribution in [3.8, 4) is 0 Å². The summed E-state index contributed by atoms with van der Waals surface area (Å²) in [5.41, 5.74) is 3.15. The summed E-state index contributed by atoms with van der Waals surface area (Å²) in [5.74, 6) is 0.981. The number of carbonyl (C=O) groups is 1. The average molecular weight is 368 g/mol. The van der Waals surface area contributed by atoms with E-state index >= 15 is 0 Å². The molecule has 1 saturated heterocycles. The van der Waals surface area contributed by atoms with Gasteiger partial charge in [-0.05, 0) is 32.3 Å². The molecule has 0 radical (unpaired) electrons. The number of carbonyl (C=O) groups excluding carboxylic acids is 1. The molecule has 0 saturated carbocycles. The van der Waals surface area contributed by atoms with Crippen LogP contribution in [-0.2, 0) is 17.9 Å². The van der Waals surface area contributed by atoms with E-state index in [0.717, 1.165) is 42.0 Å². The number of nitrogens with one attached hydrogen (secondary N) is 1. The predicted octanol–water partition coefficient (Wildman–Crippen LogP) is 3.41. The molecule has 2 heterocycles. The van der Waals surface area contributed by atoms with Gasteiger partial charge in [0.05, 0.1) is 12.3 Å². The van der Waals surface area contributed by atoms with Crippen molar-refractivity contribution in [2.45, 2.75) is 45.8 Å². The predicted molar refractivity (Wildman–Crippen MR) is 104 cm³/mol. The fraction of sp³-hybridized carbons (Fsp3) is 0.476. The molecule has 27 heavy (non-hydrogen) atoms. The second-order valence-corrected chi connectivity index (χ2v) is 6.89. The number of likely N-dealkylation sites (tertiary alicyclic amines) is 1. The van der Waals surface area contributed by atoms with Crippen LogP contribution < -0.4 is 5.32 Å². The number of aromatic nitrogens is 2. The zero-order chi connectivity index (χ0) is 19.1. The van der Waals surface area contributed by atoms with E-state index in [-0.39, 0.29) is 11.9 Å². The van der Waals surface area contributed by atoms with Gasteiger partial charge in [-0.2, -0.15) is 0 Å². The number of rotatable bonds is 6. The lowest BCUT2D eigenvalue weighted by Crippen LogP contribution is -2.45. The van der Waals surface area contributed by atoms with Crippen LogP contribution in [0.5, 0.6) is 0 Å². The molecule has 3 rings (SSSR count). The molecular weight excluding hydrogens is 340 g/mol. The number of hydrogen-bond donors (Lipinski definition) is 1. The van der Waals surface area contributed by atoms with Gasteiger partial charge < -0.3 is 15.0 Å². The Morgan fingerprint density at radius 1 is 1.33 bits per heavy atom. The van der Waals surface area contributed by atoms with Gasteiger partial charge in [0.25, 0.3) is 0 Å². The van der Waals surface area contributed by atoms with Gasteiger partial charge >= 0.3 is 6.03 Å². The van der Waals surface area contributed by atoms with E-state index in [1.165, 1.54) is 0 Å². The van der Waals surface area contributed by atoms with Crippen LogP contribution in [-0.4, -0.2) is 40.6 Å². The summed E-state index contributed by atoms with van der Waals surface area (Å²) >= 11 is 0. The van der Waals surface area contributed by atoms with Crippen LogP contribution in [0.15, 0.2) is 36.5 Å². The summed E-state index contributed by atoms with van der Waals surface area (Å²) in [7, 11) is 0. The average Bonchev–Trinajstić information content (AvgIpc) is 2.72. The number of aryl methyl sites for hydroxylation is 1. The minimum absolute atomic E-state index is 0.0133. The van der Waals surface area contributed by atoms with Crippen LogP contribution in [0.1, 0.15) is 48.3 Å². The van der Waals surface area contributed by atoms with E-state index in [2.05, 4.69) is 15.3 Å². The Morgan fingerprint density at radius 2 is 2.15 bits per heavy atom. The fourth-order valence-electron chi connectivity index (χ4n) is 3.46. The van der Waals surface area contributed by atoms with E-state index < -0.39 is 0 Å². The highest BCUT2D eigenvalue weighted by atomic mass is 16.5. The lowest BCUT2D eigenvalue weighted by Gasteiger charge is -2.33. The van der Waals surface area contributed by atoms with Gasteiger partial charge in [-0.1, -0.05) is 30.3 Å². The number of urea groups is 1. The zero-order valence-electron chi connectivity index (χ0n) is 16.1. The highest BCUT2D eigenvalue weighted by Crippen LogP contribution is 2.28. The molecule has 1 fully saturated rings. The number of ether oxygens (including phenoxy) is 1. The van der Waals surface area contributed by atoms with Gasteiger partial charge in [0, 0.05) is 43.9 Å². The normalized spacial score (nSPS) is 17.0. The molecule has 144 valence electrons. The molecule has 2 amide bonds. The third-order valence-electron chi connectivity index (χ3n) is 4.86. The van der Waals surface area contributed by atoms with Gasteiger partial charge in [-0.25, -0.2) is 14.8 Å². The summed E-state index contributed by atoms with van der Waals surface area (Å²) in [4.78, 5) is 23.5. The van der Waals surface area contributed by atoms with E-state index in [4.69, 9.17) is 4.74 Å². The van der Waals surface area contributed by atoms with Gasteiger partial charge in [0.2, 0.25) is 0 Å². The molecule has 1 aliphatic rings. The molecule has 2 aromatic rings. The first-order valence-electron chi connectivity index (χ1n) is 9.64. The van der Waals surface area contributed by atoms with Gasteiger partial charge in [0.15, 0.2) is 0 Å². The summed E-state index contributed by atoms with van der Waals surface area (Å²) < 4.78 is 5.58. The zero-order valence-corrected chi connectivity index (χ0v) is 16.1. The van der Waals surface area contributed by atoms with Crippen LogP contribution in [0.25, 0.3) is 0 Å². The van der Waals surface area contributed by atoms with Crippen molar-refractivity contribution in [2.24, 2.45) is 0 Å². The Balaban J connectivity index is 1.65. The van der Waals surface area contributed by atoms with Crippen molar-refractivity contribution in [1.29, 1.82) is 0 Å². The molecule has 1 N–H and O–H groups in total. The molecule has 1 aromatic carbocycles. The summed E-state index contributed by atoms with van der Waals surface area (Å²) in [6.45, 7) is 7.06. The van der Waals surface area contributed by atoms with Gasteiger partial charge in [-0.3, -0.25) is 0 Å². The number of amides is 2. The second kappa shape index (κ2) is 9.46. The molecule has 1 atom stereocenters. The quantitative estimate of drug-likeness (QED) is 0.848. The minimum atomic E-state index is -0.0133. The van der Waals surface area contributed by atoms with Crippen LogP contribution in [0.3, 0.4) is 0 Å². The van der Waals surface area contributed by atoms with E-state index in [9.17, 15) is 4.79 Å². The standard InChI is InChI=1S/C21H28N4O2/c1-3-27-15-19-13-22-16(2)24-20(19)18-10-7-11-25(14-18)21(26)23-12-17-8-5-4-6-9-17/h4-6,8-9,13,18H,3,7,10-12,14-15H2,1-2H3,(H,23,26). The highest BCUT2D eigenvalue weighted by molar-refractivity contribution is 5.74. The topological polar surface area (TPSA) is 67.4 Å². The van der Waals surface area contributed by atoms with Crippen molar-refractivity contribution < 1.29 is 9.53 Å². The van der Waals surface area contributed by atoms with Crippen LogP contribution in [0, 0.1) is 6.92 Å². The van der Waals surface area contributed by atoms with E-state index in [0.29, 0.717) is 26.3 Å². The molecule has 0 aliphatic carbocycles. The Morgan fingerprint density at radius 3 is 2.93 bits per heavy atom. The smallest absolute Gasteiger partial charge is 0.317 e. The Labute approximate surface area is 161 Å². The Bertz CT molecular complexity index is 751. The summed E-state index contributed by atoms with van der Waals surface area (Å²) in [5, 5.41) is 3.03. The first kappa shape index (κ1) is 19.3. The molecular formula is C21H28N4O2. The maximum atomic E-state index is 12.6. The molecule has 6 heteroatoms. The van der Waals surface area contributed by atoms with E-state index in [1.807, 2.05) is 55.3 Å². The lowest BCUT2D eigenvalue weighted by molar-refractivity contribution is 0.131. The molecule has 1 unspecified atom stereocenters. The number of hydrogen-bond acceptors (Lipinski definition) is 4. The minimum Gasteiger partial charge on any atom is -0.377 e. The van der Waals surface area contributed by atoms with Crippen LogP contribution >= 0.6 is 0 Å².